The van der Waals surface area contributed by atoms with Crippen molar-refractivity contribution in [3.63, 3.8) is 0 Å². The lowest BCUT2D eigenvalue weighted by Crippen LogP contribution is -2.70. The number of hydrogen-bond donors (Lipinski definition) is 0. The van der Waals surface area contributed by atoms with E-state index in [1.54, 1.807) is 0 Å². The predicted molar refractivity (Wildman–Crippen MR) is 119 cm³/mol. The summed E-state index contributed by atoms with van der Waals surface area (Å²) >= 11 is 0. The van der Waals surface area contributed by atoms with Gasteiger partial charge >= 0.3 is 0 Å². The fourth-order valence-electron chi connectivity index (χ4n) is 4.12. The van der Waals surface area contributed by atoms with Gasteiger partial charge < -0.3 is 0 Å². The number of rotatable bonds is 5. The number of hydrogen-bond acceptors (Lipinski definition) is 0. The Labute approximate surface area is 163 Å². The van der Waals surface area contributed by atoms with Crippen molar-refractivity contribution in [1.29, 1.82) is 0 Å². The van der Waals surface area contributed by atoms with Gasteiger partial charge in [0.25, 0.3) is 0 Å². The molecular formula is C26H25Si. The molecule has 0 saturated heterocycles. The lowest BCUT2D eigenvalue weighted by atomic mass is 10.1. The standard InChI is InChI=1S/C26H25Si/c1-21(2)22-18-19-26(20-22)27(23-12-6-3-7-13-23,24-14-8-4-9-15-24)25-16-10-5-11-17-25/h3-21H,1-2H3. The van der Waals surface area contributed by atoms with Gasteiger partial charge in [-0.1, -0.05) is 123 Å². The molecule has 0 aromatic heterocycles. The highest BCUT2D eigenvalue weighted by Crippen LogP contribution is 2.31. The molecule has 3 aromatic rings. The van der Waals surface area contributed by atoms with Gasteiger partial charge in [0.05, 0.1) is 0 Å². The van der Waals surface area contributed by atoms with Crippen LogP contribution in [0.3, 0.4) is 0 Å². The molecule has 0 aliphatic heterocycles. The lowest BCUT2D eigenvalue weighted by molar-refractivity contribution is 0.794. The van der Waals surface area contributed by atoms with Crippen LogP contribution in [0.2, 0.25) is 0 Å². The predicted octanol–water partition coefficient (Wildman–Crippen LogP) is 4.42. The second-order valence-corrected chi connectivity index (χ2v) is 11.2. The fourth-order valence-corrected chi connectivity index (χ4v) is 8.91. The van der Waals surface area contributed by atoms with Crippen LogP contribution in [-0.2, 0) is 0 Å². The summed E-state index contributed by atoms with van der Waals surface area (Å²) in [5, 5.41) is 4.30. The number of allylic oxidation sites excluding steroid dienone is 4. The summed E-state index contributed by atoms with van der Waals surface area (Å²) in [6.45, 7) is 4.55. The van der Waals surface area contributed by atoms with Gasteiger partial charge in [-0.2, -0.15) is 0 Å². The summed E-state index contributed by atoms with van der Waals surface area (Å²) in [6, 6.07) is 33.3. The van der Waals surface area contributed by atoms with E-state index in [0.717, 1.165) is 0 Å². The molecule has 0 fully saturated rings. The van der Waals surface area contributed by atoms with Gasteiger partial charge in [-0.25, -0.2) is 0 Å². The highest BCUT2D eigenvalue weighted by molar-refractivity contribution is 7.15. The van der Waals surface area contributed by atoms with Crippen LogP contribution in [-0.4, -0.2) is 8.07 Å². The lowest BCUT2D eigenvalue weighted by Gasteiger charge is -2.37. The van der Waals surface area contributed by atoms with Gasteiger partial charge in [0.15, 0.2) is 8.07 Å². The smallest absolute Gasteiger partial charge is 0.0750 e. The molecule has 1 heteroatoms. The molecule has 1 radical (unpaired) electrons. The Hall–Kier alpha value is -2.64. The summed E-state index contributed by atoms with van der Waals surface area (Å²) in [6.07, 6.45) is 7.13. The first-order valence-corrected chi connectivity index (χ1v) is 11.7. The van der Waals surface area contributed by atoms with E-state index in [-0.39, 0.29) is 0 Å². The van der Waals surface area contributed by atoms with E-state index in [1.165, 1.54) is 26.7 Å². The fraction of sp³-hybridized carbons (Fsp3) is 0.115. The average Bonchev–Trinajstić information content (AvgIpc) is 3.22. The topological polar surface area (TPSA) is 0 Å². The summed E-state index contributed by atoms with van der Waals surface area (Å²) < 4.78 is 0. The van der Waals surface area contributed by atoms with Crippen molar-refractivity contribution in [2.75, 3.05) is 0 Å². The van der Waals surface area contributed by atoms with Crippen LogP contribution in [0.4, 0.5) is 0 Å². The maximum Gasteiger partial charge on any atom is 0.162 e. The van der Waals surface area contributed by atoms with Crippen molar-refractivity contribution in [2.45, 2.75) is 13.8 Å². The Bertz CT molecular complexity index is 841. The Kier molecular flexibility index (Phi) is 4.96. The van der Waals surface area contributed by atoms with E-state index < -0.39 is 8.07 Å². The van der Waals surface area contributed by atoms with E-state index in [2.05, 4.69) is 123 Å². The zero-order valence-electron chi connectivity index (χ0n) is 16.0. The van der Waals surface area contributed by atoms with Crippen molar-refractivity contribution in [3.05, 3.63) is 120 Å². The third-order valence-corrected chi connectivity index (χ3v) is 10.3. The third kappa shape index (κ3) is 3.13. The molecule has 0 amide bonds. The van der Waals surface area contributed by atoms with Crippen LogP contribution in [0.5, 0.6) is 0 Å². The number of benzene rings is 3. The minimum Gasteiger partial charge on any atom is -0.0750 e. The summed E-state index contributed by atoms with van der Waals surface area (Å²) in [7, 11) is -2.32. The summed E-state index contributed by atoms with van der Waals surface area (Å²) in [4.78, 5) is 0. The monoisotopic (exact) mass is 365 g/mol. The Morgan fingerprint density at radius 1 is 0.556 bits per heavy atom. The van der Waals surface area contributed by atoms with Crippen molar-refractivity contribution >= 4 is 23.6 Å². The molecular weight excluding hydrogens is 340 g/mol. The zero-order chi connectivity index (χ0) is 18.7. The highest BCUT2D eigenvalue weighted by atomic mass is 28.3. The third-order valence-electron chi connectivity index (χ3n) is 5.50. The molecule has 0 heterocycles. The molecule has 0 spiro atoms. The molecule has 1 aliphatic rings. The minimum absolute atomic E-state index is 0.535. The molecule has 0 bridgehead atoms. The second-order valence-electron chi connectivity index (χ2n) is 7.44. The van der Waals surface area contributed by atoms with E-state index in [4.69, 9.17) is 0 Å². The maximum absolute atomic E-state index is 2.45. The van der Waals surface area contributed by atoms with Crippen LogP contribution >= 0.6 is 0 Å². The van der Waals surface area contributed by atoms with Crippen LogP contribution < -0.4 is 15.6 Å². The highest BCUT2D eigenvalue weighted by Gasteiger charge is 2.45. The zero-order valence-corrected chi connectivity index (χ0v) is 17.0. The molecule has 0 nitrogen and oxygen atoms in total. The maximum atomic E-state index is 2.45. The van der Waals surface area contributed by atoms with Crippen LogP contribution in [0.1, 0.15) is 13.8 Å². The minimum atomic E-state index is -2.32. The average molecular weight is 366 g/mol. The Morgan fingerprint density at radius 3 is 1.30 bits per heavy atom. The molecule has 0 saturated carbocycles. The summed E-state index contributed by atoms with van der Waals surface area (Å²) in [5.41, 5.74) is 2.89. The van der Waals surface area contributed by atoms with Gasteiger partial charge in [-0.05, 0) is 27.1 Å². The van der Waals surface area contributed by atoms with E-state index in [1.807, 2.05) is 0 Å². The normalized spacial score (nSPS) is 14.6. The quantitative estimate of drug-likeness (QED) is 0.464. The first-order valence-electron chi connectivity index (χ1n) is 9.66. The van der Waals surface area contributed by atoms with Gasteiger partial charge in [-0.15, -0.1) is 0 Å². The molecule has 4 rings (SSSR count). The Balaban J connectivity index is 2.04. The first kappa shape index (κ1) is 17.8. The molecule has 3 aromatic carbocycles. The SMILES string of the molecule is CC(C)C1=C[C]([Si](c2ccccc2)(c2ccccc2)c2ccccc2)C=C1. The molecule has 27 heavy (non-hydrogen) atoms. The van der Waals surface area contributed by atoms with E-state index >= 15 is 0 Å². The second kappa shape index (κ2) is 7.54. The van der Waals surface area contributed by atoms with Gasteiger partial charge in [0.1, 0.15) is 0 Å². The largest absolute Gasteiger partial charge is 0.162 e. The molecule has 133 valence electrons. The molecule has 0 atom stereocenters. The van der Waals surface area contributed by atoms with E-state index in [9.17, 15) is 0 Å². The molecule has 1 aliphatic carbocycles. The van der Waals surface area contributed by atoms with Crippen LogP contribution in [0.25, 0.3) is 0 Å². The molecule has 0 N–H and O–H groups in total. The van der Waals surface area contributed by atoms with Crippen molar-refractivity contribution in [3.8, 4) is 0 Å². The van der Waals surface area contributed by atoms with Gasteiger partial charge in [0.2, 0.25) is 0 Å². The van der Waals surface area contributed by atoms with Gasteiger partial charge in [-0.3, -0.25) is 0 Å². The van der Waals surface area contributed by atoms with Gasteiger partial charge in [0, 0.05) is 5.54 Å². The van der Waals surface area contributed by atoms with E-state index in [0.29, 0.717) is 5.92 Å². The van der Waals surface area contributed by atoms with Crippen molar-refractivity contribution in [2.24, 2.45) is 5.92 Å². The first-order chi connectivity index (χ1) is 13.2. The van der Waals surface area contributed by atoms with Crippen molar-refractivity contribution < 1.29 is 0 Å². The summed E-state index contributed by atoms with van der Waals surface area (Å²) in [5.74, 6) is 0.535. The molecule has 0 unspecified atom stereocenters. The van der Waals surface area contributed by atoms with Crippen LogP contribution in [0, 0.1) is 11.5 Å². The van der Waals surface area contributed by atoms with Crippen molar-refractivity contribution in [1.82, 2.24) is 0 Å². The Morgan fingerprint density at radius 2 is 0.963 bits per heavy atom. The van der Waals surface area contributed by atoms with Crippen LogP contribution in [0.15, 0.2) is 115 Å².